The van der Waals surface area contributed by atoms with E-state index in [2.05, 4.69) is 0 Å². The van der Waals surface area contributed by atoms with Crippen LogP contribution in [0.2, 0.25) is 0 Å². The first-order valence-electron chi connectivity index (χ1n) is 8.31. The topological polar surface area (TPSA) is 99.0 Å². The lowest BCUT2D eigenvalue weighted by atomic mass is 9.94. The second kappa shape index (κ2) is 7.86. The van der Waals surface area contributed by atoms with E-state index in [1.165, 1.54) is 24.1 Å². The number of hydrogen-bond donors (Lipinski definition) is 0. The molecule has 0 spiro atoms. The second-order valence-corrected chi connectivity index (χ2v) is 6.12. The fourth-order valence-electron chi connectivity index (χ4n) is 3.03. The number of non-ortho nitro benzene ring substituents is 1. The minimum absolute atomic E-state index is 0.0321. The van der Waals surface area contributed by atoms with Crippen LogP contribution in [0.4, 0.5) is 10.5 Å². The molecule has 0 saturated heterocycles. The van der Waals surface area contributed by atoms with Crippen molar-refractivity contribution < 1.29 is 24.0 Å². The third-order valence-corrected chi connectivity index (χ3v) is 4.44. The maximum absolute atomic E-state index is 12.6. The number of amides is 1. The predicted octanol–water partition coefficient (Wildman–Crippen LogP) is 2.83. The summed E-state index contributed by atoms with van der Waals surface area (Å²) in [5, 5.41) is 11.0. The lowest BCUT2D eigenvalue weighted by Gasteiger charge is -2.34. The molecule has 1 aliphatic rings. The fourth-order valence-corrected chi connectivity index (χ4v) is 3.03. The number of carbonyl (C=O) groups excluding carboxylic acids is 2. The molecular weight excluding hydrogens is 352 g/mol. The zero-order valence-corrected chi connectivity index (χ0v) is 14.7. The average Bonchev–Trinajstić information content (AvgIpc) is 2.70. The number of nitrogens with zero attached hydrogens (tertiary/aromatic N) is 2. The maximum atomic E-state index is 12.6. The van der Waals surface area contributed by atoms with Gasteiger partial charge in [0, 0.05) is 18.6 Å². The predicted molar refractivity (Wildman–Crippen MR) is 94.8 cm³/mol. The van der Waals surface area contributed by atoms with Crippen LogP contribution < -0.4 is 0 Å². The minimum Gasteiger partial charge on any atom is -0.467 e. The molecule has 140 valence electrons. The third-order valence-electron chi connectivity index (χ3n) is 4.44. The summed E-state index contributed by atoms with van der Waals surface area (Å²) in [4.78, 5) is 36.5. The van der Waals surface area contributed by atoms with Gasteiger partial charge in [0.05, 0.1) is 18.6 Å². The number of rotatable bonds is 4. The summed E-state index contributed by atoms with van der Waals surface area (Å²) in [5.74, 6) is -0.560. The number of methoxy groups -OCH3 is 1. The SMILES string of the molecule is COC(=O)[C@@H]1Cc2ccc([N+](=O)[O-])cc2CN1C(=O)OCc1ccccc1. The van der Waals surface area contributed by atoms with Gasteiger partial charge in [0.1, 0.15) is 12.6 Å². The fraction of sp³-hybridized carbons (Fsp3) is 0.263. The van der Waals surface area contributed by atoms with Crippen LogP contribution >= 0.6 is 0 Å². The molecule has 0 aromatic heterocycles. The Labute approximate surface area is 155 Å². The van der Waals surface area contributed by atoms with Gasteiger partial charge in [0.2, 0.25) is 0 Å². The van der Waals surface area contributed by atoms with E-state index in [0.717, 1.165) is 11.1 Å². The largest absolute Gasteiger partial charge is 0.467 e. The Kier molecular flexibility index (Phi) is 5.35. The van der Waals surface area contributed by atoms with E-state index in [0.29, 0.717) is 5.56 Å². The molecule has 0 N–H and O–H groups in total. The highest BCUT2D eigenvalue weighted by molar-refractivity contribution is 5.82. The number of esters is 1. The van der Waals surface area contributed by atoms with Crippen molar-refractivity contribution in [2.75, 3.05) is 7.11 Å². The molecule has 0 unspecified atom stereocenters. The van der Waals surface area contributed by atoms with Gasteiger partial charge in [-0.15, -0.1) is 0 Å². The summed E-state index contributed by atoms with van der Waals surface area (Å²) in [7, 11) is 1.25. The van der Waals surface area contributed by atoms with Crippen molar-refractivity contribution in [1.82, 2.24) is 4.90 Å². The molecule has 1 heterocycles. The van der Waals surface area contributed by atoms with E-state index >= 15 is 0 Å². The van der Waals surface area contributed by atoms with Crippen molar-refractivity contribution in [1.29, 1.82) is 0 Å². The summed E-state index contributed by atoms with van der Waals surface area (Å²) in [6.45, 7) is 0.0935. The first-order chi connectivity index (χ1) is 13.0. The van der Waals surface area contributed by atoms with E-state index in [1.54, 1.807) is 6.07 Å². The molecule has 0 saturated carbocycles. The van der Waals surface area contributed by atoms with E-state index in [1.807, 2.05) is 30.3 Å². The summed E-state index contributed by atoms with van der Waals surface area (Å²) in [6, 6.07) is 12.7. The standard InChI is InChI=1S/C19H18N2O6/c1-26-18(22)17-10-14-7-8-16(21(24)25)9-15(14)11-20(17)19(23)27-12-13-5-3-2-4-6-13/h2-9,17H,10-12H2,1H3/t17-/m0/s1. The van der Waals surface area contributed by atoms with Crippen LogP contribution in [-0.2, 0) is 33.8 Å². The quantitative estimate of drug-likeness (QED) is 0.466. The van der Waals surface area contributed by atoms with Gasteiger partial charge in [0.25, 0.3) is 5.69 Å². The maximum Gasteiger partial charge on any atom is 0.411 e. The monoisotopic (exact) mass is 370 g/mol. The van der Waals surface area contributed by atoms with Crippen molar-refractivity contribution in [2.45, 2.75) is 25.6 Å². The highest BCUT2D eigenvalue weighted by Crippen LogP contribution is 2.28. The molecule has 8 heteroatoms. The molecule has 8 nitrogen and oxygen atoms in total. The van der Waals surface area contributed by atoms with Gasteiger partial charge in [0.15, 0.2) is 0 Å². The molecule has 1 aliphatic heterocycles. The number of nitro groups is 1. The van der Waals surface area contributed by atoms with Crippen LogP contribution in [0.25, 0.3) is 0 Å². The van der Waals surface area contributed by atoms with E-state index in [4.69, 9.17) is 9.47 Å². The molecule has 2 aromatic rings. The molecule has 2 aromatic carbocycles. The summed E-state index contributed by atoms with van der Waals surface area (Å²) in [5.41, 5.74) is 2.13. The van der Waals surface area contributed by atoms with Crippen molar-refractivity contribution in [3.63, 3.8) is 0 Å². The smallest absolute Gasteiger partial charge is 0.411 e. The summed E-state index contributed by atoms with van der Waals surface area (Å²) in [6.07, 6.45) is -0.466. The van der Waals surface area contributed by atoms with E-state index in [-0.39, 0.29) is 25.3 Å². The Morgan fingerprint density at radius 2 is 1.93 bits per heavy atom. The molecule has 27 heavy (non-hydrogen) atoms. The Hall–Kier alpha value is -3.42. The van der Waals surface area contributed by atoms with Crippen LogP contribution in [0, 0.1) is 10.1 Å². The van der Waals surface area contributed by atoms with Gasteiger partial charge in [-0.05, 0) is 16.7 Å². The zero-order chi connectivity index (χ0) is 19.4. The van der Waals surface area contributed by atoms with Crippen LogP contribution in [0.1, 0.15) is 16.7 Å². The molecular formula is C19H18N2O6. The number of fused-ring (bicyclic) bond motifs is 1. The molecule has 0 bridgehead atoms. The Bertz CT molecular complexity index is 868. The van der Waals surface area contributed by atoms with Crippen LogP contribution in [0.5, 0.6) is 0 Å². The third kappa shape index (κ3) is 4.05. The summed E-state index contributed by atoms with van der Waals surface area (Å²) < 4.78 is 10.1. The van der Waals surface area contributed by atoms with Crippen molar-refractivity contribution in [3.8, 4) is 0 Å². The van der Waals surface area contributed by atoms with Gasteiger partial charge in [-0.25, -0.2) is 9.59 Å². The van der Waals surface area contributed by atoms with E-state index < -0.39 is 23.0 Å². The van der Waals surface area contributed by atoms with Crippen LogP contribution in [-0.4, -0.2) is 35.0 Å². The van der Waals surface area contributed by atoms with E-state index in [9.17, 15) is 19.7 Å². The normalized spacial score (nSPS) is 15.6. The second-order valence-electron chi connectivity index (χ2n) is 6.12. The first-order valence-corrected chi connectivity index (χ1v) is 8.31. The van der Waals surface area contributed by atoms with Crippen LogP contribution in [0.3, 0.4) is 0 Å². The van der Waals surface area contributed by atoms with Crippen molar-refractivity contribution >= 4 is 17.7 Å². The number of carbonyl (C=O) groups is 2. The molecule has 0 aliphatic carbocycles. The molecule has 3 rings (SSSR count). The number of benzene rings is 2. The number of nitro benzene ring substituents is 1. The van der Waals surface area contributed by atoms with Crippen LogP contribution in [0.15, 0.2) is 48.5 Å². The van der Waals surface area contributed by atoms with Gasteiger partial charge < -0.3 is 9.47 Å². The van der Waals surface area contributed by atoms with Gasteiger partial charge in [-0.3, -0.25) is 15.0 Å². The first kappa shape index (κ1) is 18.4. The highest BCUT2D eigenvalue weighted by atomic mass is 16.6. The molecule has 0 fully saturated rings. The Morgan fingerprint density at radius 1 is 1.19 bits per heavy atom. The Balaban J connectivity index is 1.82. The number of ether oxygens (including phenoxy) is 2. The number of hydrogen-bond acceptors (Lipinski definition) is 6. The zero-order valence-electron chi connectivity index (χ0n) is 14.7. The molecule has 1 amide bonds. The molecule has 0 radical (unpaired) electrons. The average molecular weight is 370 g/mol. The van der Waals surface area contributed by atoms with Gasteiger partial charge in [-0.2, -0.15) is 0 Å². The lowest BCUT2D eigenvalue weighted by molar-refractivity contribution is -0.385. The molecule has 1 atom stereocenters. The lowest BCUT2D eigenvalue weighted by Crippen LogP contribution is -2.49. The minimum atomic E-state index is -0.841. The highest BCUT2D eigenvalue weighted by Gasteiger charge is 2.37. The van der Waals surface area contributed by atoms with Gasteiger partial charge in [-0.1, -0.05) is 36.4 Å². The van der Waals surface area contributed by atoms with Crippen molar-refractivity contribution in [2.24, 2.45) is 0 Å². The van der Waals surface area contributed by atoms with Gasteiger partial charge >= 0.3 is 12.1 Å². The summed E-state index contributed by atoms with van der Waals surface area (Å²) >= 11 is 0. The van der Waals surface area contributed by atoms with Crippen molar-refractivity contribution in [3.05, 3.63) is 75.3 Å². The Morgan fingerprint density at radius 3 is 2.59 bits per heavy atom.